The summed E-state index contributed by atoms with van der Waals surface area (Å²) in [5.41, 5.74) is 9.63. The molecule has 1 aromatic heterocycles. The lowest BCUT2D eigenvalue weighted by Crippen LogP contribution is -2.13. The smallest absolute Gasteiger partial charge is 0.122 e. The Morgan fingerprint density at radius 3 is 2.61 bits per heavy atom. The van der Waals surface area contributed by atoms with E-state index in [1.54, 1.807) is 19.5 Å². The normalized spacial score (nSPS) is 12.2. The molecule has 0 radical (unpaired) electrons. The van der Waals surface area contributed by atoms with Crippen LogP contribution < -0.4 is 10.5 Å². The summed E-state index contributed by atoms with van der Waals surface area (Å²) in [7, 11) is 1.68. The predicted octanol–water partition coefficient (Wildman–Crippen LogP) is 2.64. The fraction of sp³-hybridized carbons (Fsp3) is 0.267. The van der Waals surface area contributed by atoms with E-state index in [-0.39, 0.29) is 6.04 Å². The third kappa shape index (κ3) is 2.87. The zero-order valence-electron chi connectivity index (χ0n) is 10.8. The Hall–Kier alpha value is -1.87. The minimum Gasteiger partial charge on any atom is -0.496 e. The van der Waals surface area contributed by atoms with Crippen molar-refractivity contribution in [3.8, 4) is 5.75 Å². The first-order chi connectivity index (χ1) is 8.70. The van der Waals surface area contributed by atoms with Gasteiger partial charge in [0.1, 0.15) is 5.75 Å². The molecule has 0 bridgehead atoms. The molecule has 94 valence electrons. The van der Waals surface area contributed by atoms with Crippen LogP contribution >= 0.6 is 0 Å². The molecular formula is C15H18N2O. The maximum absolute atomic E-state index is 6.22. The van der Waals surface area contributed by atoms with E-state index < -0.39 is 0 Å². The van der Waals surface area contributed by atoms with Crippen LogP contribution in [0.3, 0.4) is 0 Å². The maximum Gasteiger partial charge on any atom is 0.122 e. The van der Waals surface area contributed by atoms with Crippen LogP contribution in [0.2, 0.25) is 0 Å². The minimum absolute atomic E-state index is 0.0260. The highest BCUT2D eigenvalue weighted by Gasteiger charge is 2.09. The predicted molar refractivity (Wildman–Crippen MR) is 72.6 cm³/mol. The Morgan fingerprint density at radius 1 is 1.22 bits per heavy atom. The molecule has 18 heavy (non-hydrogen) atoms. The molecular weight excluding hydrogens is 224 g/mol. The van der Waals surface area contributed by atoms with Gasteiger partial charge in [-0.1, -0.05) is 12.1 Å². The molecule has 0 aliphatic carbocycles. The molecule has 1 heterocycles. The number of hydrogen-bond acceptors (Lipinski definition) is 3. The van der Waals surface area contributed by atoms with E-state index in [1.165, 1.54) is 5.56 Å². The molecule has 0 spiro atoms. The molecule has 1 aromatic carbocycles. The molecule has 0 fully saturated rings. The van der Waals surface area contributed by atoms with Gasteiger partial charge in [-0.05, 0) is 48.2 Å². The van der Waals surface area contributed by atoms with Crippen LogP contribution in [0.15, 0.2) is 42.7 Å². The van der Waals surface area contributed by atoms with E-state index in [9.17, 15) is 0 Å². The first kappa shape index (κ1) is 12.6. The molecule has 2 rings (SSSR count). The lowest BCUT2D eigenvalue weighted by atomic mass is 9.99. The van der Waals surface area contributed by atoms with E-state index in [0.717, 1.165) is 23.3 Å². The lowest BCUT2D eigenvalue weighted by Gasteiger charge is -2.14. The zero-order chi connectivity index (χ0) is 13.0. The number of hydrogen-bond donors (Lipinski definition) is 1. The maximum atomic E-state index is 6.22. The van der Waals surface area contributed by atoms with Gasteiger partial charge in [-0.3, -0.25) is 4.98 Å². The first-order valence-corrected chi connectivity index (χ1v) is 5.99. The number of methoxy groups -OCH3 is 1. The van der Waals surface area contributed by atoms with Crippen molar-refractivity contribution in [1.82, 2.24) is 4.98 Å². The molecule has 1 unspecified atom stereocenters. The van der Waals surface area contributed by atoms with Gasteiger partial charge in [0.05, 0.1) is 7.11 Å². The molecule has 0 aliphatic rings. The summed E-state index contributed by atoms with van der Waals surface area (Å²) >= 11 is 0. The Balaban J connectivity index is 2.16. The van der Waals surface area contributed by atoms with E-state index in [4.69, 9.17) is 10.5 Å². The van der Waals surface area contributed by atoms with E-state index in [0.29, 0.717) is 0 Å². The summed E-state index contributed by atoms with van der Waals surface area (Å²) < 4.78 is 5.32. The van der Waals surface area contributed by atoms with Gasteiger partial charge in [0.25, 0.3) is 0 Å². The topological polar surface area (TPSA) is 48.1 Å². The molecule has 0 amide bonds. The average molecular weight is 242 g/mol. The van der Waals surface area contributed by atoms with Crippen molar-refractivity contribution in [2.75, 3.05) is 7.11 Å². The number of aromatic nitrogens is 1. The quantitative estimate of drug-likeness (QED) is 0.896. The fourth-order valence-electron chi connectivity index (χ4n) is 1.96. The SMILES string of the molecule is COc1cc(C(N)Cc2ccncc2)ccc1C. The van der Waals surface area contributed by atoms with Crippen molar-refractivity contribution in [2.24, 2.45) is 5.73 Å². The van der Waals surface area contributed by atoms with Crippen molar-refractivity contribution < 1.29 is 4.74 Å². The molecule has 2 aromatic rings. The van der Waals surface area contributed by atoms with Gasteiger partial charge in [0.2, 0.25) is 0 Å². The van der Waals surface area contributed by atoms with Gasteiger partial charge in [-0.2, -0.15) is 0 Å². The third-order valence-electron chi connectivity index (χ3n) is 3.07. The van der Waals surface area contributed by atoms with Crippen LogP contribution in [-0.2, 0) is 6.42 Å². The van der Waals surface area contributed by atoms with Crippen LogP contribution in [0, 0.1) is 6.92 Å². The van der Waals surface area contributed by atoms with Gasteiger partial charge >= 0.3 is 0 Å². The molecule has 0 saturated heterocycles. The molecule has 3 nitrogen and oxygen atoms in total. The van der Waals surface area contributed by atoms with Crippen LogP contribution in [0.4, 0.5) is 0 Å². The van der Waals surface area contributed by atoms with Crippen molar-refractivity contribution in [2.45, 2.75) is 19.4 Å². The van der Waals surface area contributed by atoms with Gasteiger partial charge in [-0.15, -0.1) is 0 Å². The minimum atomic E-state index is -0.0260. The molecule has 0 aliphatic heterocycles. The van der Waals surface area contributed by atoms with E-state index in [1.807, 2.05) is 31.2 Å². The Kier molecular flexibility index (Phi) is 3.95. The standard InChI is InChI=1S/C15H18N2O/c1-11-3-4-13(10-15(11)18-2)14(16)9-12-5-7-17-8-6-12/h3-8,10,14H,9,16H2,1-2H3. The summed E-state index contributed by atoms with van der Waals surface area (Å²) in [5, 5.41) is 0. The lowest BCUT2D eigenvalue weighted by molar-refractivity contribution is 0.410. The van der Waals surface area contributed by atoms with Crippen LogP contribution in [0.1, 0.15) is 22.7 Å². The second-order valence-electron chi connectivity index (χ2n) is 4.40. The Bertz CT molecular complexity index is 511. The summed E-state index contributed by atoms with van der Waals surface area (Å²) in [6, 6.07) is 10.1. The van der Waals surface area contributed by atoms with Crippen LogP contribution in [-0.4, -0.2) is 12.1 Å². The largest absolute Gasteiger partial charge is 0.496 e. The monoisotopic (exact) mass is 242 g/mol. The van der Waals surface area contributed by atoms with Crippen molar-refractivity contribution >= 4 is 0 Å². The number of pyridine rings is 1. The highest BCUT2D eigenvalue weighted by Crippen LogP contribution is 2.23. The van der Waals surface area contributed by atoms with Gasteiger partial charge in [0.15, 0.2) is 0 Å². The average Bonchev–Trinajstić information content (AvgIpc) is 2.40. The van der Waals surface area contributed by atoms with Crippen LogP contribution in [0.5, 0.6) is 5.75 Å². The first-order valence-electron chi connectivity index (χ1n) is 5.99. The Morgan fingerprint density at radius 2 is 1.94 bits per heavy atom. The highest BCUT2D eigenvalue weighted by atomic mass is 16.5. The number of nitrogens with two attached hydrogens (primary N) is 1. The number of nitrogens with zero attached hydrogens (tertiary/aromatic N) is 1. The number of benzene rings is 1. The van der Waals surface area contributed by atoms with Gasteiger partial charge in [-0.25, -0.2) is 0 Å². The van der Waals surface area contributed by atoms with Gasteiger partial charge in [0, 0.05) is 18.4 Å². The summed E-state index contributed by atoms with van der Waals surface area (Å²) in [6.45, 7) is 2.02. The van der Waals surface area contributed by atoms with Crippen LogP contribution in [0.25, 0.3) is 0 Å². The summed E-state index contributed by atoms with van der Waals surface area (Å²) in [5.74, 6) is 0.887. The van der Waals surface area contributed by atoms with E-state index >= 15 is 0 Å². The van der Waals surface area contributed by atoms with E-state index in [2.05, 4.69) is 11.1 Å². The second kappa shape index (κ2) is 5.65. The highest BCUT2D eigenvalue weighted by molar-refractivity contribution is 5.38. The number of aryl methyl sites for hydroxylation is 1. The second-order valence-corrected chi connectivity index (χ2v) is 4.40. The van der Waals surface area contributed by atoms with Crippen molar-refractivity contribution in [3.05, 3.63) is 59.4 Å². The summed E-state index contributed by atoms with van der Waals surface area (Å²) in [6.07, 6.45) is 4.38. The van der Waals surface area contributed by atoms with Gasteiger partial charge < -0.3 is 10.5 Å². The zero-order valence-corrected chi connectivity index (χ0v) is 10.8. The summed E-state index contributed by atoms with van der Waals surface area (Å²) in [4.78, 5) is 4.00. The third-order valence-corrected chi connectivity index (χ3v) is 3.07. The molecule has 1 atom stereocenters. The van der Waals surface area contributed by atoms with Crippen molar-refractivity contribution in [1.29, 1.82) is 0 Å². The molecule has 0 saturated carbocycles. The number of rotatable bonds is 4. The molecule has 2 N–H and O–H groups in total. The Labute approximate surface area is 108 Å². The van der Waals surface area contributed by atoms with Crippen molar-refractivity contribution in [3.63, 3.8) is 0 Å². The number of ether oxygens (including phenoxy) is 1. The molecule has 3 heteroatoms. The fourth-order valence-corrected chi connectivity index (χ4v) is 1.96.